The van der Waals surface area contributed by atoms with Crippen LogP contribution < -0.4 is 0 Å². The lowest BCUT2D eigenvalue weighted by atomic mass is 10.1. The predicted octanol–water partition coefficient (Wildman–Crippen LogP) is 2.85. The molecule has 0 heterocycles. The van der Waals surface area contributed by atoms with Crippen molar-refractivity contribution in [2.75, 3.05) is 0 Å². The first kappa shape index (κ1) is 9.59. The van der Waals surface area contributed by atoms with E-state index in [1.165, 1.54) is 0 Å². The van der Waals surface area contributed by atoms with E-state index < -0.39 is 0 Å². The molecule has 0 aliphatic heterocycles. The molecule has 0 radical (unpaired) electrons. The summed E-state index contributed by atoms with van der Waals surface area (Å²) in [6.45, 7) is 7.32. The van der Waals surface area contributed by atoms with Gasteiger partial charge in [-0.3, -0.25) is 0 Å². The molecule has 68 valence electrons. The van der Waals surface area contributed by atoms with Crippen molar-refractivity contribution in [2.24, 2.45) is 0 Å². The highest BCUT2D eigenvalue weighted by Gasteiger charge is 1.97. The Morgan fingerprint density at radius 2 is 1.46 bits per heavy atom. The number of hydrogen-bond acceptors (Lipinski definition) is 1. The van der Waals surface area contributed by atoms with Gasteiger partial charge in [0.2, 0.25) is 0 Å². The SMILES string of the molecule is C=CCc1cc(O)cc(CC=C)c1. The van der Waals surface area contributed by atoms with Gasteiger partial charge < -0.3 is 5.11 Å². The number of aromatic hydroxyl groups is 1. The molecule has 1 aromatic carbocycles. The second-order valence-corrected chi connectivity index (χ2v) is 2.99. The quantitative estimate of drug-likeness (QED) is 0.696. The first-order valence-corrected chi connectivity index (χ1v) is 4.30. The van der Waals surface area contributed by atoms with Crippen LogP contribution in [-0.2, 0) is 12.8 Å². The van der Waals surface area contributed by atoms with Crippen LogP contribution in [0.3, 0.4) is 0 Å². The largest absolute Gasteiger partial charge is 0.508 e. The van der Waals surface area contributed by atoms with Crippen LogP contribution in [0.5, 0.6) is 5.75 Å². The van der Waals surface area contributed by atoms with Gasteiger partial charge >= 0.3 is 0 Å². The van der Waals surface area contributed by atoms with Gasteiger partial charge in [0.05, 0.1) is 0 Å². The summed E-state index contributed by atoms with van der Waals surface area (Å²) in [7, 11) is 0. The van der Waals surface area contributed by atoms with Gasteiger partial charge in [-0.2, -0.15) is 0 Å². The van der Waals surface area contributed by atoms with Crippen LogP contribution in [0, 0.1) is 0 Å². The van der Waals surface area contributed by atoms with Gasteiger partial charge in [0.25, 0.3) is 0 Å². The zero-order chi connectivity index (χ0) is 9.68. The van der Waals surface area contributed by atoms with E-state index in [0.29, 0.717) is 5.75 Å². The highest BCUT2D eigenvalue weighted by molar-refractivity contribution is 5.35. The summed E-state index contributed by atoms with van der Waals surface area (Å²) in [4.78, 5) is 0. The lowest BCUT2D eigenvalue weighted by Gasteiger charge is -2.02. The van der Waals surface area contributed by atoms with Crippen molar-refractivity contribution < 1.29 is 5.11 Å². The molecule has 1 N–H and O–H groups in total. The van der Waals surface area contributed by atoms with Crippen LogP contribution in [0.15, 0.2) is 43.5 Å². The molecule has 0 aliphatic carbocycles. The average Bonchev–Trinajstić information content (AvgIpc) is 2.04. The Kier molecular flexibility index (Phi) is 3.32. The third-order valence-electron chi connectivity index (χ3n) is 1.80. The molecule has 0 saturated heterocycles. The lowest BCUT2D eigenvalue weighted by molar-refractivity contribution is 0.474. The molecule has 0 saturated carbocycles. The van der Waals surface area contributed by atoms with E-state index in [2.05, 4.69) is 19.2 Å². The van der Waals surface area contributed by atoms with Crippen molar-refractivity contribution in [1.29, 1.82) is 0 Å². The standard InChI is InChI=1S/C12H14O/c1-3-5-10-7-11(6-4-2)9-12(13)8-10/h3-4,7-9,13H,1-2,5-6H2. The van der Waals surface area contributed by atoms with Crippen molar-refractivity contribution in [3.8, 4) is 5.75 Å². The summed E-state index contributed by atoms with van der Waals surface area (Å²) in [5.41, 5.74) is 2.18. The van der Waals surface area contributed by atoms with Gasteiger partial charge in [0.1, 0.15) is 5.75 Å². The summed E-state index contributed by atoms with van der Waals surface area (Å²) < 4.78 is 0. The number of benzene rings is 1. The van der Waals surface area contributed by atoms with E-state index >= 15 is 0 Å². The van der Waals surface area contributed by atoms with Crippen LogP contribution in [0.25, 0.3) is 0 Å². The Balaban J connectivity index is 2.95. The molecule has 0 atom stereocenters. The van der Waals surface area contributed by atoms with Gasteiger partial charge in [0, 0.05) is 0 Å². The number of phenols is 1. The Bertz CT molecular complexity index is 285. The van der Waals surface area contributed by atoms with Crippen LogP contribution in [0.4, 0.5) is 0 Å². The third-order valence-corrected chi connectivity index (χ3v) is 1.80. The molecule has 0 amide bonds. The maximum atomic E-state index is 9.38. The van der Waals surface area contributed by atoms with Gasteiger partial charge in [-0.25, -0.2) is 0 Å². The van der Waals surface area contributed by atoms with Crippen LogP contribution in [-0.4, -0.2) is 5.11 Å². The first-order valence-electron chi connectivity index (χ1n) is 4.30. The third kappa shape index (κ3) is 2.79. The van der Waals surface area contributed by atoms with Crippen LogP contribution in [0.1, 0.15) is 11.1 Å². The second kappa shape index (κ2) is 4.51. The Labute approximate surface area is 79.0 Å². The van der Waals surface area contributed by atoms with E-state index in [9.17, 15) is 5.11 Å². The minimum Gasteiger partial charge on any atom is -0.508 e. The topological polar surface area (TPSA) is 20.2 Å². The summed E-state index contributed by atoms with van der Waals surface area (Å²) >= 11 is 0. The fourth-order valence-corrected chi connectivity index (χ4v) is 1.31. The van der Waals surface area contributed by atoms with Gasteiger partial charge in [0.15, 0.2) is 0 Å². The minimum absolute atomic E-state index is 0.316. The summed E-state index contributed by atoms with van der Waals surface area (Å²) in [6, 6.07) is 5.58. The zero-order valence-electron chi connectivity index (χ0n) is 7.66. The van der Waals surface area contributed by atoms with Crippen LogP contribution in [0.2, 0.25) is 0 Å². The highest BCUT2D eigenvalue weighted by Crippen LogP contribution is 2.17. The van der Waals surface area contributed by atoms with Crippen molar-refractivity contribution in [3.05, 3.63) is 54.6 Å². The molecule has 0 unspecified atom stereocenters. The van der Waals surface area contributed by atoms with E-state index in [1.54, 1.807) is 12.1 Å². The van der Waals surface area contributed by atoms with E-state index in [1.807, 2.05) is 12.2 Å². The number of phenolic OH excluding ortho intramolecular Hbond substituents is 1. The summed E-state index contributed by atoms with van der Waals surface area (Å²) in [6.07, 6.45) is 5.23. The maximum absolute atomic E-state index is 9.38. The molecule has 1 aromatic rings. The predicted molar refractivity (Wildman–Crippen MR) is 55.9 cm³/mol. The molecule has 0 aliphatic rings. The number of hydrogen-bond donors (Lipinski definition) is 1. The second-order valence-electron chi connectivity index (χ2n) is 2.99. The number of allylic oxidation sites excluding steroid dienone is 2. The number of rotatable bonds is 4. The monoisotopic (exact) mass is 174 g/mol. The molecular formula is C12H14O. The van der Waals surface area contributed by atoms with Crippen molar-refractivity contribution in [1.82, 2.24) is 0 Å². The first-order chi connectivity index (χ1) is 6.26. The fourth-order valence-electron chi connectivity index (χ4n) is 1.31. The lowest BCUT2D eigenvalue weighted by Crippen LogP contribution is -1.86. The van der Waals surface area contributed by atoms with E-state index in [0.717, 1.165) is 24.0 Å². The highest BCUT2D eigenvalue weighted by atomic mass is 16.3. The van der Waals surface area contributed by atoms with Crippen molar-refractivity contribution in [3.63, 3.8) is 0 Å². The maximum Gasteiger partial charge on any atom is 0.116 e. The van der Waals surface area contributed by atoms with Crippen LogP contribution >= 0.6 is 0 Å². The molecular weight excluding hydrogens is 160 g/mol. The molecule has 13 heavy (non-hydrogen) atoms. The summed E-state index contributed by atoms with van der Waals surface area (Å²) in [5.74, 6) is 0.316. The molecule has 0 bridgehead atoms. The van der Waals surface area contributed by atoms with Gasteiger partial charge in [-0.1, -0.05) is 18.2 Å². The normalized spacial score (nSPS) is 9.54. The summed E-state index contributed by atoms with van der Waals surface area (Å²) in [5, 5.41) is 9.38. The minimum atomic E-state index is 0.316. The average molecular weight is 174 g/mol. The molecule has 1 nitrogen and oxygen atoms in total. The molecule has 0 aromatic heterocycles. The molecule has 1 heteroatoms. The van der Waals surface area contributed by atoms with Gasteiger partial charge in [-0.15, -0.1) is 13.2 Å². The molecule has 1 rings (SSSR count). The zero-order valence-corrected chi connectivity index (χ0v) is 7.66. The van der Waals surface area contributed by atoms with Crippen molar-refractivity contribution in [2.45, 2.75) is 12.8 Å². The molecule has 0 fully saturated rings. The van der Waals surface area contributed by atoms with E-state index in [-0.39, 0.29) is 0 Å². The Morgan fingerprint density at radius 1 is 1.00 bits per heavy atom. The Morgan fingerprint density at radius 3 is 1.85 bits per heavy atom. The van der Waals surface area contributed by atoms with E-state index in [4.69, 9.17) is 0 Å². The van der Waals surface area contributed by atoms with Gasteiger partial charge in [-0.05, 0) is 36.1 Å². The molecule has 0 spiro atoms. The van der Waals surface area contributed by atoms with Crippen molar-refractivity contribution >= 4 is 0 Å². The smallest absolute Gasteiger partial charge is 0.116 e. The Hall–Kier alpha value is -1.50. The fraction of sp³-hybridized carbons (Fsp3) is 0.167.